The number of hydrogen-bond acceptors (Lipinski definition) is 8. The van der Waals surface area contributed by atoms with Gasteiger partial charge in [-0.05, 0) is 88.6 Å². The highest BCUT2D eigenvalue weighted by atomic mass is 35.5. The van der Waals surface area contributed by atoms with Gasteiger partial charge in [-0.15, -0.1) is 0 Å². The van der Waals surface area contributed by atoms with Gasteiger partial charge in [-0.25, -0.2) is 18.2 Å². The van der Waals surface area contributed by atoms with E-state index in [9.17, 15) is 18.0 Å². The molecule has 0 bridgehead atoms. The first-order valence-electron chi connectivity index (χ1n) is 15.7. The van der Waals surface area contributed by atoms with Crippen LogP contribution in [0.3, 0.4) is 0 Å². The number of nitrogens with one attached hydrogen (secondary N) is 2. The summed E-state index contributed by atoms with van der Waals surface area (Å²) in [6, 6.07) is 9.80. The first-order valence-corrected chi connectivity index (χ1v) is 17.8. The zero-order valence-electron chi connectivity index (χ0n) is 26.4. The van der Waals surface area contributed by atoms with Gasteiger partial charge in [0.2, 0.25) is 10.0 Å². The van der Waals surface area contributed by atoms with Gasteiger partial charge in [-0.3, -0.25) is 9.52 Å². The number of aliphatic hydroxyl groups excluding tert-OH is 1. The Morgan fingerprint density at radius 3 is 2.27 bits per heavy atom. The minimum absolute atomic E-state index is 0.220. The summed E-state index contributed by atoms with van der Waals surface area (Å²) in [4.78, 5) is 33.8. The standard InChI is InChI=1S/C32H46ClN5O6S/c1-32(2,3)44-31(41)38-18-14-24(15-19-38)7-4-6-23-12-16-37(17-13-23)27-22-25(36-45(42,43)21-20-39)10-11-26(27)30(40)35-29-9-5-8-28(33)34-29/h5,8-11,22-24,36,39H,4,6-7,12-21H2,1-3H3,(H,34,35,40). The van der Waals surface area contributed by atoms with E-state index in [4.69, 9.17) is 21.4 Å². The molecular weight excluding hydrogens is 618 g/mol. The molecule has 0 saturated carbocycles. The van der Waals surface area contributed by atoms with Crippen molar-refractivity contribution in [1.29, 1.82) is 0 Å². The van der Waals surface area contributed by atoms with Crippen molar-refractivity contribution in [3.05, 3.63) is 47.1 Å². The molecule has 11 nitrogen and oxygen atoms in total. The SMILES string of the molecule is CC(C)(C)OC(=O)N1CCC(CCCC2CCN(c3cc(NS(=O)(=O)CCO)ccc3C(=O)Nc3cccc(Cl)n3)CC2)CC1. The molecule has 2 saturated heterocycles. The van der Waals surface area contributed by atoms with Gasteiger partial charge in [0.15, 0.2) is 0 Å². The van der Waals surface area contributed by atoms with Gasteiger partial charge in [-0.2, -0.15) is 0 Å². The third-order valence-corrected chi connectivity index (χ3v) is 9.76. The monoisotopic (exact) mass is 663 g/mol. The summed E-state index contributed by atoms with van der Waals surface area (Å²) in [5.41, 5.74) is 0.884. The quantitative estimate of drug-likeness (QED) is 0.258. The van der Waals surface area contributed by atoms with E-state index in [1.54, 1.807) is 36.4 Å². The third kappa shape index (κ3) is 10.7. The van der Waals surface area contributed by atoms with Crippen LogP contribution < -0.4 is 14.9 Å². The molecule has 248 valence electrons. The molecule has 2 aliphatic rings. The number of carbonyl (C=O) groups is 2. The molecule has 3 N–H and O–H groups in total. The summed E-state index contributed by atoms with van der Waals surface area (Å²) in [7, 11) is -3.73. The number of pyridine rings is 1. The molecule has 2 fully saturated rings. The minimum atomic E-state index is -3.73. The van der Waals surface area contributed by atoms with E-state index in [0.29, 0.717) is 34.6 Å². The van der Waals surface area contributed by atoms with Crippen molar-refractivity contribution in [3.8, 4) is 0 Å². The highest BCUT2D eigenvalue weighted by Crippen LogP contribution is 2.33. The van der Waals surface area contributed by atoms with Crippen LogP contribution in [0.25, 0.3) is 0 Å². The number of aromatic nitrogens is 1. The van der Waals surface area contributed by atoms with Gasteiger partial charge in [0, 0.05) is 26.2 Å². The molecule has 4 rings (SSSR count). The summed E-state index contributed by atoms with van der Waals surface area (Å²) in [5.74, 6) is 0.724. The van der Waals surface area contributed by atoms with E-state index in [0.717, 1.165) is 71.1 Å². The van der Waals surface area contributed by atoms with E-state index in [2.05, 4.69) is 19.9 Å². The predicted octanol–water partition coefficient (Wildman–Crippen LogP) is 5.76. The maximum absolute atomic E-state index is 13.3. The Bertz CT molecular complexity index is 1420. The second-order valence-electron chi connectivity index (χ2n) is 12.9. The number of anilines is 3. The summed E-state index contributed by atoms with van der Waals surface area (Å²) in [5, 5.41) is 12.2. The number of rotatable bonds is 11. The van der Waals surface area contributed by atoms with E-state index in [1.165, 1.54) is 0 Å². The molecule has 0 radical (unpaired) electrons. The first-order chi connectivity index (χ1) is 21.3. The van der Waals surface area contributed by atoms with Crippen molar-refractivity contribution in [3.63, 3.8) is 0 Å². The van der Waals surface area contributed by atoms with Crippen LogP contribution in [0.5, 0.6) is 0 Å². The number of amides is 2. The number of hydrogen-bond donors (Lipinski definition) is 3. The summed E-state index contributed by atoms with van der Waals surface area (Å²) in [6.45, 7) is 8.14. The van der Waals surface area contributed by atoms with E-state index in [-0.39, 0.29) is 17.2 Å². The summed E-state index contributed by atoms with van der Waals surface area (Å²) in [6.07, 6.45) is 7.15. The zero-order valence-corrected chi connectivity index (χ0v) is 28.0. The fourth-order valence-corrected chi connectivity index (χ4v) is 6.94. The number of halogens is 1. The molecule has 2 aliphatic heterocycles. The van der Waals surface area contributed by atoms with Gasteiger partial charge < -0.3 is 25.0 Å². The number of nitrogens with zero attached hydrogens (tertiary/aromatic N) is 3. The average Bonchev–Trinajstić information content (AvgIpc) is 2.96. The topological polar surface area (TPSA) is 141 Å². The number of likely N-dealkylation sites (tertiary alicyclic amines) is 1. The lowest BCUT2D eigenvalue weighted by Crippen LogP contribution is -2.41. The fourth-order valence-electron chi connectivity index (χ4n) is 5.95. The molecule has 1 aromatic heterocycles. The molecule has 2 aromatic rings. The molecule has 1 aromatic carbocycles. The highest BCUT2D eigenvalue weighted by molar-refractivity contribution is 7.92. The van der Waals surface area contributed by atoms with Crippen LogP contribution >= 0.6 is 11.6 Å². The number of benzene rings is 1. The number of sulfonamides is 1. The maximum Gasteiger partial charge on any atom is 0.410 e. The van der Waals surface area contributed by atoms with Crippen LogP contribution in [0.15, 0.2) is 36.4 Å². The molecular formula is C32H46ClN5O6S. The van der Waals surface area contributed by atoms with Crippen LogP contribution in [0, 0.1) is 11.8 Å². The fraction of sp³-hybridized carbons (Fsp3) is 0.594. The Hall–Kier alpha value is -3.09. The molecule has 45 heavy (non-hydrogen) atoms. The normalized spacial score (nSPS) is 16.8. The smallest absolute Gasteiger partial charge is 0.410 e. The lowest BCUT2D eigenvalue weighted by Gasteiger charge is -2.35. The molecule has 0 spiro atoms. The molecule has 13 heteroatoms. The van der Waals surface area contributed by atoms with Crippen molar-refractivity contribution < 1.29 is 27.9 Å². The summed E-state index contributed by atoms with van der Waals surface area (Å²) < 4.78 is 32.7. The Kier molecular flexibility index (Phi) is 12.0. The molecule has 3 heterocycles. The second-order valence-corrected chi connectivity index (χ2v) is 15.2. The van der Waals surface area contributed by atoms with Crippen LogP contribution in [-0.2, 0) is 14.8 Å². The predicted molar refractivity (Wildman–Crippen MR) is 177 cm³/mol. The van der Waals surface area contributed by atoms with Crippen molar-refractivity contribution in [2.24, 2.45) is 11.8 Å². The molecule has 2 amide bonds. The minimum Gasteiger partial charge on any atom is -0.444 e. The average molecular weight is 664 g/mol. The largest absolute Gasteiger partial charge is 0.444 e. The maximum atomic E-state index is 13.3. The Morgan fingerprint density at radius 1 is 1.02 bits per heavy atom. The van der Waals surface area contributed by atoms with E-state index in [1.807, 2.05) is 25.7 Å². The Balaban J connectivity index is 1.33. The van der Waals surface area contributed by atoms with Crippen molar-refractivity contribution in [2.75, 3.05) is 53.5 Å². The molecule has 0 aliphatic carbocycles. The Labute approximate surface area is 271 Å². The zero-order chi connectivity index (χ0) is 32.6. The second kappa shape index (κ2) is 15.5. The van der Waals surface area contributed by atoms with E-state index < -0.39 is 28.0 Å². The molecule has 0 atom stereocenters. The molecule has 0 unspecified atom stereocenters. The van der Waals surface area contributed by atoms with Crippen LogP contribution in [-0.4, -0.2) is 79.5 Å². The van der Waals surface area contributed by atoms with Gasteiger partial charge in [-0.1, -0.05) is 36.9 Å². The summed E-state index contributed by atoms with van der Waals surface area (Å²) >= 11 is 5.99. The lowest BCUT2D eigenvalue weighted by atomic mass is 9.86. The number of ether oxygens (including phenoxy) is 1. The highest BCUT2D eigenvalue weighted by Gasteiger charge is 2.28. The number of aliphatic hydroxyl groups is 1. The van der Waals surface area contributed by atoms with Crippen molar-refractivity contribution in [2.45, 2.75) is 71.3 Å². The lowest BCUT2D eigenvalue weighted by molar-refractivity contribution is 0.0180. The van der Waals surface area contributed by atoms with E-state index >= 15 is 0 Å². The Morgan fingerprint density at radius 2 is 1.67 bits per heavy atom. The van der Waals surface area contributed by atoms with Gasteiger partial charge >= 0.3 is 6.09 Å². The first kappa shape index (κ1) is 34.8. The third-order valence-electron chi connectivity index (χ3n) is 8.28. The van der Waals surface area contributed by atoms with Crippen LogP contribution in [0.2, 0.25) is 5.15 Å². The van der Waals surface area contributed by atoms with Gasteiger partial charge in [0.05, 0.1) is 29.3 Å². The van der Waals surface area contributed by atoms with Crippen LogP contribution in [0.4, 0.5) is 22.0 Å². The van der Waals surface area contributed by atoms with Crippen LogP contribution in [0.1, 0.15) is 76.1 Å². The number of carbonyl (C=O) groups excluding carboxylic acids is 2. The van der Waals surface area contributed by atoms with Crippen molar-refractivity contribution >= 4 is 50.8 Å². The van der Waals surface area contributed by atoms with Crippen molar-refractivity contribution in [1.82, 2.24) is 9.88 Å². The van der Waals surface area contributed by atoms with Gasteiger partial charge in [0.1, 0.15) is 16.6 Å². The van der Waals surface area contributed by atoms with Gasteiger partial charge in [0.25, 0.3) is 5.91 Å². The number of piperidine rings is 2.